The van der Waals surface area contributed by atoms with Crippen molar-refractivity contribution in [3.63, 3.8) is 0 Å². The number of hydrogen-bond acceptors (Lipinski definition) is 12. The molecule has 0 N–H and O–H groups in total. The third-order valence-corrected chi connectivity index (χ3v) is 11.6. The molecule has 0 aliphatic rings. The van der Waals surface area contributed by atoms with E-state index in [1.54, 1.807) is 0 Å². The lowest BCUT2D eigenvalue weighted by Gasteiger charge is -2.31. The molecule has 0 saturated heterocycles. The number of hydrogen-bond donors (Lipinski definition) is 0. The second-order valence-electron chi connectivity index (χ2n) is 19.9. The maximum Gasteiger partial charge on any atom is 0.0518 e. The van der Waals surface area contributed by atoms with Crippen LogP contribution in [0.15, 0.2) is 48.5 Å². The van der Waals surface area contributed by atoms with Crippen molar-refractivity contribution in [3.8, 4) is 0 Å². The molecule has 0 heterocycles. The van der Waals surface area contributed by atoms with E-state index in [1.165, 1.54) is 65.3 Å². The molecule has 0 amide bonds. The molecule has 62 heavy (non-hydrogen) atoms. The van der Waals surface area contributed by atoms with Crippen LogP contribution in [0.1, 0.15) is 36.1 Å². The molecule has 12 nitrogen and oxygen atoms in total. The average Bonchev–Trinajstić information content (AvgIpc) is 3.15. The molecule has 0 atom stereocenters. The summed E-state index contributed by atoms with van der Waals surface area (Å²) in [6.07, 6.45) is 0. The van der Waals surface area contributed by atoms with Gasteiger partial charge in [-0.1, -0.05) is 38.1 Å². The van der Waals surface area contributed by atoms with Crippen LogP contribution in [0, 0.1) is 0 Å². The molecule has 5 aromatic rings. The van der Waals surface area contributed by atoms with Gasteiger partial charge in [-0.15, -0.1) is 0 Å². The van der Waals surface area contributed by atoms with E-state index in [1.807, 2.05) is 0 Å². The van der Waals surface area contributed by atoms with Crippen LogP contribution in [0.4, 0.5) is 0 Å². The average molecular weight is 853 g/mol. The standard InChI is InChI=1S/C50H84N12/c1-17-57(15)37-61(35-55(11)12)29-41-19-21-43-48-26-40(28-60(33-53(7)8)34-54(9)10)24-46-42(30-62(36-56(13)14)38-58(16)18-2)20-22-44(50(46)48)47-25-39(23-45(41)49(43)47)27-59(31-51(3)4)32-52(5)6/h19-26H,17-18,27-38H2,1-16H3. The van der Waals surface area contributed by atoms with Gasteiger partial charge in [-0.3, -0.25) is 58.8 Å². The smallest absolute Gasteiger partial charge is 0.0518 e. The second kappa shape index (κ2) is 22.7. The molecule has 0 fully saturated rings. The van der Waals surface area contributed by atoms with Crippen LogP contribution >= 0.6 is 0 Å². The summed E-state index contributed by atoms with van der Waals surface area (Å²) in [5.41, 5.74) is 5.50. The zero-order valence-corrected chi connectivity index (χ0v) is 41.9. The summed E-state index contributed by atoms with van der Waals surface area (Å²) in [6.45, 7) is 17.2. The van der Waals surface area contributed by atoms with Crippen molar-refractivity contribution in [2.75, 3.05) is 165 Å². The van der Waals surface area contributed by atoms with Gasteiger partial charge in [-0.2, -0.15) is 0 Å². The molecule has 0 unspecified atom stereocenters. The highest BCUT2D eigenvalue weighted by atomic mass is 15.4. The number of nitrogens with zero attached hydrogens (tertiary/aromatic N) is 12. The lowest BCUT2D eigenvalue weighted by molar-refractivity contribution is 0.101. The van der Waals surface area contributed by atoms with E-state index in [4.69, 9.17) is 0 Å². The quantitative estimate of drug-likeness (QED) is 0.0380. The predicted molar refractivity (Wildman–Crippen MR) is 267 cm³/mol. The Morgan fingerprint density at radius 2 is 0.581 bits per heavy atom. The monoisotopic (exact) mass is 853 g/mol. The second-order valence-corrected chi connectivity index (χ2v) is 19.9. The van der Waals surface area contributed by atoms with E-state index in [2.05, 4.69) is 220 Å². The summed E-state index contributed by atoms with van der Waals surface area (Å²) < 4.78 is 0. The SMILES string of the molecule is CCN(C)CN(Cc1ccc2c3cc(CN(CN(C)C)CN(C)C)cc4c(CN(CN(C)C)CN(C)CC)ccc(c5cc(CN(CN(C)C)CN(C)C)cc1c25)c43)CN(C)C. The van der Waals surface area contributed by atoms with Gasteiger partial charge < -0.3 is 0 Å². The van der Waals surface area contributed by atoms with E-state index in [0.29, 0.717) is 0 Å². The van der Waals surface area contributed by atoms with Crippen LogP contribution < -0.4 is 0 Å². The number of fused-ring (bicyclic) bond motifs is 2. The topological polar surface area (TPSA) is 38.9 Å². The molecule has 0 aliphatic heterocycles. The Hall–Kier alpha value is -3.08. The lowest BCUT2D eigenvalue weighted by atomic mass is 9.85. The normalized spacial score (nSPS) is 13.2. The molecule has 5 aromatic carbocycles. The van der Waals surface area contributed by atoms with Crippen molar-refractivity contribution in [1.29, 1.82) is 0 Å². The molecule has 12 heteroatoms. The van der Waals surface area contributed by atoms with Crippen LogP contribution in [0.2, 0.25) is 0 Å². The van der Waals surface area contributed by atoms with Gasteiger partial charge >= 0.3 is 0 Å². The minimum Gasteiger partial charge on any atom is -0.297 e. The van der Waals surface area contributed by atoms with Crippen molar-refractivity contribution in [3.05, 3.63) is 70.8 Å². The van der Waals surface area contributed by atoms with Crippen molar-refractivity contribution >= 4 is 43.1 Å². The highest BCUT2D eigenvalue weighted by molar-refractivity contribution is 6.33. The molecule has 0 saturated carbocycles. The number of rotatable bonds is 26. The van der Waals surface area contributed by atoms with Gasteiger partial charge in [-0.25, -0.2) is 0 Å². The summed E-state index contributed by atoms with van der Waals surface area (Å²) in [6, 6.07) is 20.0. The predicted octanol–water partition coefficient (Wildman–Crippen LogP) is 5.88. The molecule has 0 spiro atoms. The summed E-state index contributed by atoms with van der Waals surface area (Å²) in [5.74, 6) is 0. The molecular weight excluding hydrogens is 769 g/mol. The Morgan fingerprint density at radius 3 is 0.855 bits per heavy atom. The van der Waals surface area contributed by atoms with E-state index in [-0.39, 0.29) is 0 Å². The molecule has 0 radical (unpaired) electrons. The first kappa shape index (κ1) is 49.9. The first-order chi connectivity index (χ1) is 29.3. The highest BCUT2D eigenvalue weighted by Crippen LogP contribution is 2.44. The third kappa shape index (κ3) is 13.5. The van der Waals surface area contributed by atoms with E-state index >= 15 is 0 Å². The molecule has 0 aliphatic carbocycles. The Bertz CT molecular complexity index is 1970. The van der Waals surface area contributed by atoms with Gasteiger partial charge in [0.15, 0.2) is 0 Å². The molecular formula is C50H84N12. The fourth-order valence-electron chi connectivity index (χ4n) is 9.40. The van der Waals surface area contributed by atoms with Gasteiger partial charge in [0.2, 0.25) is 0 Å². The summed E-state index contributed by atoms with van der Waals surface area (Å²) >= 11 is 0. The minimum atomic E-state index is 0.869. The maximum atomic E-state index is 2.58. The van der Waals surface area contributed by atoms with Crippen molar-refractivity contribution in [2.45, 2.75) is 40.0 Å². The maximum absolute atomic E-state index is 2.58. The fourth-order valence-corrected chi connectivity index (χ4v) is 9.40. The zero-order chi connectivity index (χ0) is 45.4. The van der Waals surface area contributed by atoms with Crippen LogP contribution in [0.25, 0.3) is 43.1 Å². The van der Waals surface area contributed by atoms with Gasteiger partial charge in [0.05, 0.1) is 53.3 Å². The van der Waals surface area contributed by atoms with Gasteiger partial charge in [0.1, 0.15) is 0 Å². The highest BCUT2D eigenvalue weighted by Gasteiger charge is 2.23. The summed E-state index contributed by atoms with van der Waals surface area (Å²) in [5, 5.41) is 11.0. The van der Waals surface area contributed by atoms with Crippen LogP contribution in [0.5, 0.6) is 0 Å². The van der Waals surface area contributed by atoms with Crippen LogP contribution in [-0.2, 0) is 26.2 Å². The Balaban J connectivity index is 1.85. The van der Waals surface area contributed by atoms with Crippen molar-refractivity contribution < 1.29 is 0 Å². The van der Waals surface area contributed by atoms with Crippen LogP contribution in [-0.4, -0.2) is 224 Å². The molecule has 0 bridgehead atoms. The zero-order valence-electron chi connectivity index (χ0n) is 41.9. The van der Waals surface area contributed by atoms with E-state index in [0.717, 1.165) is 92.6 Å². The molecule has 0 aromatic heterocycles. The number of benzene rings is 5. The van der Waals surface area contributed by atoms with Crippen molar-refractivity contribution in [1.82, 2.24) is 58.8 Å². The van der Waals surface area contributed by atoms with Crippen molar-refractivity contribution in [2.24, 2.45) is 0 Å². The first-order valence-corrected chi connectivity index (χ1v) is 22.7. The molecule has 344 valence electrons. The van der Waals surface area contributed by atoms with Crippen LogP contribution in [0.3, 0.4) is 0 Å². The van der Waals surface area contributed by atoms with E-state index in [9.17, 15) is 0 Å². The fraction of sp³-hybridized carbons (Fsp3) is 0.600. The summed E-state index contributed by atoms with van der Waals surface area (Å²) in [4.78, 5) is 28.8. The third-order valence-electron chi connectivity index (χ3n) is 11.6. The van der Waals surface area contributed by atoms with Gasteiger partial charge in [0.25, 0.3) is 0 Å². The summed E-state index contributed by atoms with van der Waals surface area (Å²) in [7, 11) is 30.6. The Labute approximate surface area is 376 Å². The Morgan fingerprint density at radius 1 is 0.306 bits per heavy atom. The lowest BCUT2D eigenvalue weighted by Crippen LogP contribution is -2.40. The van der Waals surface area contributed by atoms with Gasteiger partial charge in [0, 0.05) is 26.2 Å². The minimum absolute atomic E-state index is 0.869. The van der Waals surface area contributed by atoms with Gasteiger partial charge in [-0.05, 0) is 201 Å². The molecule has 5 rings (SSSR count). The Kier molecular flexibility index (Phi) is 18.3. The first-order valence-electron chi connectivity index (χ1n) is 22.7. The van der Waals surface area contributed by atoms with E-state index < -0.39 is 0 Å². The largest absolute Gasteiger partial charge is 0.297 e.